The third-order valence-corrected chi connectivity index (χ3v) is 4.15. The summed E-state index contributed by atoms with van der Waals surface area (Å²) in [6.45, 7) is 5.70. The van der Waals surface area contributed by atoms with Gasteiger partial charge >= 0.3 is 0 Å². The van der Waals surface area contributed by atoms with Crippen LogP contribution >= 0.6 is 0 Å². The fourth-order valence-corrected chi connectivity index (χ4v) is 2.80. The van der Waals surface area contributed by atoms with E-state index in [-0.39, 0.29) is 18.9 Å². The van der Waals surface area contributed by atoms with Gasteiger partial charge in [0.15, 0.2) is 0 Å². The van der Waals surface area contributed by atoms with Crippen LogP contribution in [-0.4, -0.2) is 52.2 Å². The summed E-state index contributed by atoms with van der Waals surface area (Å²) in [5.74, 6) is 0.525. The van der Waals surface area contributed by atoms with Crippen LogP contribution in [0.5, 0.6) is 0 Å². The van der Waals surface area contributed by atoms with Gasteiger partial charge in [-0.1, -0.05) is 6.08 Å². The zero-order valence-electron chi connectivity index (χ0n) is 14.0. The molecular formula is C17H23N3O3. The highest BCUT2D eigenvalue weighted by Gasteiger charge is 2.46. The summed E-state index contributed by atoms with van der Waals surface area (Å²) in [5, 5.41) is 19.4. The van der Waals surface area contributed by atoms with Gasteiger partial charge in [0.2, 0.25) is 5.91 Å². The van der Waals surface area contributed by atoms with Gasteiger partial charge in [0.25, 0.3) is 0 Å². The molecule has 0 aromatic carbocycles. The monoisotopic (exact) mass is 317 g/mol. The lowest BCUT2D eigenvalue weighted by Crippen LogP contribution is -2.58. The third kappa shape index (κ3) is 3.40. The van der Waals surface area contributed by atoms with Gasteiger partial charge in [-0.2, -0.15) is 5.26 Å². The summed E-state index contributed by atoms with van der Waals surface area (Å²) in [6.07, 6.45) is 6.39. The molecule has 0 fully saturated rings. The van der Waals surface area contributed by atoms with E-state index in [1.165, 1.54) is 0 Å². The van der Waals surface area contributed by atoms with Crippen LogP contribution in [0, 0.1) is 11.3 Å². The number of likely N-dealkylation sites (N-methyl/N-ethyl adjacent to an activating group) is 1. The van der Waals surface area contributed by atoms with Crippen LogP contribution in [0.4, 0.5) is 0 Å². The molecule has 0 saturated carbocycles. The van der Waals surface area contributed by atoms with Crippen molar-refractivity contribution in [2.45, 2.75) is 44.9 Å². The number of nitriles is 1. The summed E-state index contributed by atoms with van der Waals surface area (Å²) < 4.78 is 5.88. The van der Waals surface area contributed by atoms with Crippen LogP contribution in [0.15, 0.2) is 35.9 Å². The van der Waals surface area contributed by atoms with Crippen LogP contribution in [0.2, 0.25) is 0 Å². The van der Waals surface area contributed by atoms with Crippen molar-refractivity contribution in [1.82, 2.24) is 9.80 Å². The van der Waals surface area contributed by atoms with Gasteiger partial charge in [0.05, 0.1) is 25.1 Å². The van der Waals surface area contributed by atoms with E-state index in [4.69, 9.17) is 10.00 Å². The van der Waals surface area contributed by atoms with Crippen molar-refractivity contribution >= 4 is 5.91 Å². The van der Waals surface area contributed by atoms with Gasteiger partial charge in [0.1, 0.15) is 17.5 Å². The van der Waals surface area contributed by atoms with E-state index in [1.54, 1.807) is 42.0 Å². The number of hydrogen-bond acceptors (Lipinski definition) is 5. The lowest BCUT2D eigenvalue weighted by Gasteiger charge is -2.46. The smallest absolute Gasteiger partial charge is 0.246 e. The third-order valence-electron chi connectivity index (χ3n) is 4.15. The number of carbonyl (C=O) groups excluding carboxylic acids is 1. The summed E-state index contributed by atoms with van der Waals surface area (Å²) in [5.41, 5.74) is -0.0675. The van der Waals surface area contributed by atoms with Gasteiger partial charge < -0.3 is 19.6 Å². The first kappa shape index (κ1) is 17.1. The quantitative estimate of drug-likeness (QED) is 0.854. The number of amides is 1. The Kier molecular flexibility index (Phi) is 4.81. The Balaban J connectivity index is 2.42. The molecule has 2 aliphatic rings. The predicted molar refractivity (Wildman–Crippen MR) is 85.6 cm³/mol. The first-order chi connectivity index (χ1) is 10.8. The molecule has 1 N–H and O–H groups in total. The predicted octanol–water partition coefficient (Wildman–Crippen LogP) is 1.51. The average Bonchev–Trinajstić information content (AvgIpc) is 2.47. The van der Waals surface area contributed by atoms with Crippen molar-refractivity contribution in [2.75, 3.05) is 13.6 Å². The van der Waals surface area contributed by atoms with Crippen LogP contribution in [-0.2, 0) is 9.53 Å². The molecule has 2 unspecified atom stereocenters. The zero-order valence-corrected chi connectivity index (χ0v) is 14.0. The summed E-state index contributed by atoms with van der Waals surface area (Å²) in [7, 11) is 1.83. The molecule has 6 heteroatoms. The first-order valence-corrected chi connectivity index (χ1v) is 7.59. The fraction of sp³-hybridized carbons (Fsp3) is 0.529. The topological polar surface area (TPSA) is 76.8 Å². The van der Waals surface area contributed by atoms with Gasteiger partial charge in [-0.3, -0.25) is 4.79 Å². The Morgan fingerprint density at radius 1 is 1.52 bits per heavy atom. The lowest BCUT2D eigenvalue weighted by molar-refractivity contribution is -0.142. The van der Waals surface area contributed by atoms with E-state index < -0.39 is 17.7 Å². The largest absolute Gasteiger partial charge is 0.485 e. The van der Waals surface area contributed by atoms with Crippen molar-refractivity contribution in [3.8, 4) is 6.07 Å². The first-order valence-electron chi connectivity index (χ1n) is 7.59. The molecule has 0 bridgehead atoms. The second-order valence-corrected chi connectivity index (χ2v) is 6.42. The molecule has 124 valence electrons. The second kappa shape index (κ2) is 6.47. The van der Waals surface area contributed by atoms with Crippen LogP contribution in [0.25, 0.3) is 0 Å². The van der Waals surface area contributed by atoms with Crippen molar-refractivity contribution in [2.24, 2.45) is 0 Å². The number of hydrogen-bond donors (Lipinski definition) is 1. The summed E-state index contributed by atoms with van der Waals surface area (Å²) in [6, 6.07) is 1.55. The van der Waals surface area contributed by atoms with Crippen molar-refractivity contribution in [3.05, 3.63) is 35.9 Å². The average molecular weight is 317 g/mol. The number of rotatable bonds is 3. The van der Waals surface area contributed by atoms with Gasteiger partial charge in [-0.25, -0.2) is 0 Å². The van der Waals surface area contributed by atoms with E-state index in [0.29, 0.717) is 5.76 Å². The maximum atomic E-state index is 12.4. The highest BCUT2D eigenvalue weighted by molar-refractivity contribution is 5.81. The fourth-order valence-electron chi connectivity index (χ4n) is 2.80. The molecule has 6 nitrogen and oxygen atoms in total. The Morgan fingerprint density at radius 3 is 2.83 bits per heavy atom. The van der Waals surface area contributed by atoms with Gasteiger partial charge in [-0.15, -0.1) is 0 Å². The molecule has 2 aliphatic heterocycles. The number of carbonyl (C=O) groups is 1. The minimum atomic E-state index is -0.854. The molecule has 0 spiro atoms. The maximum absolute atomic E-state index is 12.4. The van der Waals surface area contributed by atoms with E-state index in [1.807, 2.05) is 26.2 Å². The second-order valence-electron chi connectivity index (χ2n) is 6.42. The molecule has 2 rings (SSSR count). The number of nitrogens with zero attached hydrogens (tertiary/aromatic N) is 3. The molecule has 0 aromatic heterocycles. The summed E-state index contributed by atoms with van der Waals surface area (Å²) >= 11 is 0. The molecule has 23 heavy (non-hydrogen) atoms. The van der Waals surface area contributed by atoms with E-state index in [9.17, 15) is 9.90 Å². The molecular weight excluding hydrogens is 294 g/mol. The normalized spacial score (nSPS) is 27.4. The molecule has 0 radical (unpaired) electrons. The molecule has 2 atom stereocenters. The number of aliphatic hydroxyl groups is 1. The van der Waals surface area contributed by atoms with Gasteiger partial charge in [-0.05, 0) is 32.4 Å². The van der Waals surface area contributed by atoms with Crippen LogP contribution in [0.3, 0.4) is 0 Å². The Labute approximate surface area is 136 Å². The highest BCUT2D eigenvalue weighted by atomic mass is 16.5. The standard InChI is InChI=1S/C17H23N3O3/c1-12-13(7-5-6-8-18)23-17(2,3)16(22)15(12)20-10-9-19(4)11-14(20)21/h5,7,9-10,15-16,22H,6,11H2,1-4H3/b7-5-. The molecule has 0 aliphatic carbocycles. The van der Waals surface area contributed by atoms with Crippen LogP contribution in [0.1, 0.15) is 27.2 Å². The zero-order chi connectivity index (χ0) is 17.2. The van der Waals surface area contributed by atoms with E-state index in [2.05, 4.69) is 0 Å². The van der Waals surface area contributed by atoms with Crippen molar-refractivity contribution in [1.29, 1.82) is 5.26 Å². The Bertz CT molecular complexity index is 613. The lowest BCUT2D eigenvalue weighted by atomic mass is 9.85. The number of allylic oxidation sites excluding steroid dienone is 2. The van der Waals surface area contributed by atoms with Crippen LogP contribution < -0.4 is 0 Å². The molecule has 0 saturated heterocycles. The van der Waals surface area contributed by atoms with Crippen molar-refractivity contribution < 1.29 is 14.6 Å². The SMILES string of the molecule is CC1=C(/C=C\CC#N)OC(C)(C)C(O)C1N1C=CN(C)CC1=O. The van der Waals surface area contributed by atoms with E-state index in [0.717, 1.165) is 5.57 Å². The Morgan fingerprint density at radius 2 is 2.22 bits per heavy atom. The minimum absolute atomic E-state index is 0.0727. The molecule has 1 amide bonds. The summed E-state index contributed by atoms with van der Waals surface area (Å²) in [4.78, 5) is 15.7. The Hall–Kier alpha value is -2.26. The van der Waals surface area contributed by atoms with E-state index >= 15 is 0 Å². The van der Waals surface area contributed by atoms with Crippen molar-refractivity contribution in [3.63, 3.8) is 0 Å². The van der Waals surface area contributed by atoms with Gasteiger partial charge in [0, 0.05) is 19.4 Å². The highest BCUT2D eigenvalue weighted by Crippen LogP contribution is 2.36. The molecule has 0 aromatic rings. The number of ether oxygens (including phenoxy) is 1. The molecule has 2 heterocycles. The number of aliphatic hydroxyl groups excluding tert-OH is 1. The minimum Gasteiger partial charge on any atom is -0.485 e. The maximum Gasteiger partial charge on any atom is 0.246 e.